The number of hydrogen-bond donors (Lipinski definition) is 1. The van der Waals surface area contributed by atoms with Gasteiger partial charge in [-0.15, -0.1) is 0 Å². The molecule has 1 saturated heterocycles. The summed E-state index contributed by atoms with van der Waals surface area (Å²) in [6, 6.07) is 11.9. The van der Waals surface area contributed by atoms with Gasteiger partial charge < -0.3 is 14.5 Å². The van der Waals surface area contributed by atoms with E-state index in [-0.39, 0.29) is 12.0 Å². The van der Waals surface area contributed by atoms with E-state index in [0.29, 0.717) is 19.6 Å². The summed E-state index contributed by atoms with van der Waals surface area (Å²) in [7, 11) is 1.91. The molecule has 0 saturated carbocycles. The molecule has 0 unspecified atom stereocenters. The zero-order chi connectivity index (χ0) is 17.6. The lowest BCUT2D eigenvalue weighted by Crippen LogP contribution is -2.38. The van der Waals surface area contributed by atoms with Crippen molar-refractivity contribution < 1.29 is 13.9 Å². The van der Waals surface area contributed by atoms with Crippen molar-refractivity contribution >= 4 is 21.8 Å². The number of nitrogens with one attached hydrogen (secondary N) is 1. The maximum absolute atomic E-state index is 12.0. The SMILES string of the molecule is CN(CC(=O)NC[C@H]1CCCO1)Cc1ccc(-c2ccc(Br)cc2)o1. The number of nitrogens with zero attached hydrogens (tertiary/aromatic N) is 1. The lowest BCUT2D eigenvalue weighted by Gasteiger charge is -2.16. The molecule has 1 aliphatic rings. The molecule has 0 bridgehead atoms. The summed E-state index contributed by atoms with van der Waals surface area (Å²) in [6.07, 6.45) is 2.29. The Bertz CT molecular complexity index is 693. The number of likely N-dealkylation sites (N-methyl/N-ethyl adjacent to an activating group) is 1. The quantitative estimate of drug-likeness (QED) is 0.764. The maximum atomic E-state index is 12.0. The minimum Gasteiger partial charge on any atom is -0.460 e. The summed E-state index contributed by atoms with van der Waals surface area (Å²) >= 11 is 3.43. The van der Waals surface area contributed by atoms with E-state index in [1.165, 1.54) is 0 Å². The van der Waals surface area contributed by atoms with Gasteiger partial charge in [-0.25, -0.2) is 0 Å². The zero-order valence-electron chi connectivity index (χ0n) is 14.3. The van der Waals surface area contributed by atoms with E-state index in [1.54, 1.807) is 0 Å². The normalized spacial score (nSPS) is 17.2. The average molecular weight is 407 g/mol. The van der Waals surface area contributed by atoms with Crippen molar-refractivity contribution in [1.82, 2.24) is 10.2 Å². The first-order chi connectivity index (χ1) is 12.1. The highest BCUT2D eigenvalue weighted by Crippen LogP contribution is 2.24. The second kappa shape index (κ2) is 8.65. The molecule has 3 rings (SSSR count). The molecule has 0 radical (unpaired) electrons. The Labute approximate surface area is 156 Å². The zero-order valence-corrected chi connectivity index (χ0v) is 15.9. The topological polar surface area (TPSA) is 54.7 Å². The lowest BCUT2D eigenvalue weighted by molar-refractivity contribution is -0.122. The number of halogens is 1. The molecule has 1 aliphatic heterocycles. The van der Waals surface area contributed by atoms with Crippen molar-refractivity contribution in [3.63, 3.8) is 0 Å². The third kappa shape index (κ3) is 5.42. The fraction of sp³-hybridized carbons (Fsp3) is 0.421. The van der Waals surface area contributed by atoms with E-state index in [0.717, 1.165) is 41.0 Å². The highest BCUT2D eigenvalue weighted by atomic mass is 79.9. The van der Waals surface area contributed by atoms with Gasteiger partial charge in [0, 0.05) is 23.2 Å². The van der Waals surface area contributed by atoms with Crippen LogP contribution in [0.15, 0.2) is 45.3 Å². The molecule has 5 nitrogen and oxygen atoms in total. The van der Waals surface area contributed by atoms with Gasteiger partial charge in [0.2, 0.25) is 5.91 Å². The molecule has 1 fully saturated rings. The molecule has 1 aromatic heterocycles. The number of ether oxygens (including phenoxy) is 1. The fourth-order valence-electron chi connectivity index (χ4n) is 2.89. The van der Waals surface area contributed by atoms with Gasteiger partial charge in [0.25, 0.3) is 0 Å². The number of rotatable bonds is 7. The monoisotopic (exact) mass is 406 g/mol. The molecule has 25 heavy (non-hydrogen) atoms. The Hall–Kier alpha value is -1.63. The number of hydrogen-bond acceptors (Lipinski definition) is 4. The van der Waals surface area contributed by atoms with Crippen molar-refractivity contribution in [2.75, 3.05) is 26.7 Å². The largest absolute Gasteiger partial charge is 0.460 e. The molecular formula is C19H23BrN2O3. The Morgan fingerprint density at radius 2 is 2.08 bits per heavy atom. The molecule has 1 aromatic carbocycles. The van der Waals surface area contributed by atoms with Crippen LogP contribution in [0.5, 0.6) is 0 Å². The summed E-state index contributed by atoms with van der Waals surface area (Å²) in [5.74, 6) is 1.68. The van der Waals surface area contributed by atoms with Gasteiger partial charge in [0.05, 0.1) is 19.2 Å². The molecular weight excluding hydrogens is 384 g/mol. The highest BCUT2D eigenvalue weighted by Gasteiger charge is 2.17. The number of carbonyl (C=O) groups excluding carboxylic acids is 1. The van der Waals surface area contributed by atoms with E-state index in [1.807, 2.05) is 48.3 Å². The van der Waals surface area contributed by atoms with Crippen LogP contribution in [0.25, 0.3) is 11.3 Å². The second-order valence-corrected chi connectivity index (χ2v) is 7.30. The Kier molecular flexibility index (Phi) is 6.29. The standard InChI is InChI=1S/C19H23BrN2O3/c1-22(13-19(23)21-11-16-3-2-10-24-16)12-17-8-9-18(25-17)14-4-6-15(20)7-5-14/h4-9,16H,2-3,10-13H2,1H3,(H,21,23)/t16-/m1/s1. The van der Waals surface area contributed by atoms with Gasteiger partial charge in [0.15, 0.2) is 0 Å². The summed E-state index contributed by atoms with van der Waals surface area (Å²) in [5, 5.41) is 2.94. The number of carbonyl (C=O) groups is 1. The number of benzene rings is 1. The molecule has 2 aromatic rings. The van der Waals surface area contributed by atoms with Crippen LogP contribution in [-0.2, 0) is 16.1 Å². The van der Waals surface area contributed by atoms with E-state index in [4.69, 9.17) is 9.15 Å². The summed E-state index contributed by atoms with van der Waals surface area (Å²) in [5.41, 5.74) is 1.03. The van der Waals surface area contributed by atoms with Gasteiger partial charge in [-0.3, -0.25) is 9.69 Å². The minimum atomic E-state index is 0.0117. The van der Waals surface area contributed by atoms with Gasteiger partial charge in [-0.1, -0.05) is 28.1 Å². The first-order valence-electron chi connectivity index (χ1n) is 8.51. The van der Waals surface area contributed by atoms with Gasteiger partial charge in [0.1, 0.15) is 11.5 Å². The average Bonchev–Trinajstić information content (AvgIpc) is 3.25. The molecule has 1 atom stereocenters. The lowest BCUT2D eigenvalue weighted by atomic mass is 10.2. The third-order valence-electron chi connectivity index (χ3n) is 4.18. The number of furan rings is 1. The van der Waals surface area contributed by atoms with Gasteiger partial charge >= 0.3 is 0 Å². The molecule has 0 aliphatic carbocycles. The molecule has 6 heteroatoms. The summed E-state index contributed by atoms with van der Waals surface area (Å²) in [6.45, 7) is 2.33. The van der Waals surface area contributed by atoms with Crippen LogP contribution in [0.3, 0.4) is 0 Å². The molecule has 1 amide bonds. The van der Waals surface area contributed by atoms with E-state index >= 15 is 0 Å². The van der Waals surface area contributed by atoms with E-state index in [9.17, 15) is 4.79 Å². The van der Waals surface area contributed by atoms with Gasteiger partial charge in [-0.2, -0.15) is 0 Å². The van der Waals surface area contributed by atoms with Crippen molar-refractivity contribution in [2.45, 2.75) is 25.5 Å². The van der Waals surface area contributed by atoms with Gasteiger partial charge in [-0.05, 0) is 44.2 Å². The van der Waals surface area contributed by atoms with E-state index in [2.05, 4.69) is 21.2 Å². The van der Waals surface area contributed by atoms with Crippen molar-refractivity contribution in [1.29, 1.82) is 0 Å². The summed E-state index contributed by atoms with van der Waals surface area (Å²) < 4.78 is 12.4. The molecule has 134 valence electrons. The molecule has 1 N–H and O–H groups in total. The van der Waals surface area contributed by atoms with Crippen LogP contribution >= 0.6 is 15.9 Å². The Morgan fingerprint density at radius 1 is 1.28 bits per heavy atom. The van der Waals surface area contributed by atoms with Crippen LogP contribution in [0.2, 0.25) is 0 Å². The van der Waals surface area contributed by atoms with Crippen LogP contribution in [0.1, 0.15) is 18.6 Å². The maximum Gasteiger partial charge on any atom is 0.234 e. The minimum absolute atomic E-state index is 0.0117. The third-order valence-corrected chi connectivity index (χ3v) is 4.71. The molecule has 0 spiro atoms. The molecule has 2 heterocycles. The van der Waals surface area contributed by atoms with Crippen LogP contribution in [0.4, 0.5) is 0 Å². The highest BCUT2D eigenvalue weighted by molar-refractivity contribution is 9.10. The Balaban J connectivity index is 1.46. The predicted octanol–water partition coefficient (Wildman–Crippen LogP) is 3.44. The fourth-order valence-corrected chi connectivity index (χ4v) is 3.15. The predicted molar refractivity (Wildman–Crippen MR) is 100 cm³/mol. The van der Waals surface area contributed by atoms with Crippen LogP contribution < -0.4 is 5.32 Å². The number of amides is 1. The Morgan fingerprint density at radius 3 is 2.80 bits per heavy atom. The van der Waals surface area contributed by atoms with Crippen molar-refractivity contribution in [3.8, 4) is 11.3 Å². The van der Waals surface area contributed by atoms with Crippen molar-refractivity contribution in [2.24, 2.45) is 0 Å². The second-order valence-electron chi connectivity index (χ2n) is 6.38. The van der Waals surface area contributed by atoms with Crippen LogP contribution in [-0.4, -0.2) is 43.7 Å². The summed E-state index contributed by atoms with van der Waals surface area (Å²) in [4.78, 5) is 14.0. The van der Waals surface area contributed by atoms with E-state index < -0.39 is 0 Å². The smallest absolute Gasteiger partial charge is 0.234 e. The van der Waals surface area contributed by atoms with Crippen LogP contribution in [0, 0.1) is 0 Å². The first-order valence-corrected chi connectivity index (χ1v) is 9.31. The first kappa shape index (κ1) is 18.2. The van der Waals surface area contributed by atoms with Crippen molar-refractivity contribution in [3.05, 3.63) is 46.6 Å².